The van der Waals surface area contributed by atoms with Crippen molar-refractivity contribution in [1.29, 1.82) is 0 Å². The van der Waals surface area contributed by atoms with Crippen molar-refractivity contribution in [2.45, 2.75) is 37.7 Å². The smallest absolute Gasteiger partial charge is 0.255 e. The number of amides is 1. The van der Waals surface area contributed by atoms with Gasteiger partial charge in [0, 0.05) is 32.7 Å². The molecule has 0 saturated carbocycles. The molecule has 2 heterocycles. The van der Waals surface area contributed by atoms with Gasteiger partial charge in [0.2, 0.25) is 11.1 Å². The first-order chi connectivity index (χ1) is 17.8. The number of nitrogens with zero attached hydrogens (tertiary/aromatic N) is 3. The van der Waals surface area contributed by atoms with Gasteiger partial charge in [0.05, 0.1) is 5.57 Å². The Morgan fingerprint density at radius 2 is 1.86 bits per heavy atom. The number of carbonyl (C=O) groups excluding carboxylic acids is 1. The van der Waals surface area contributed by atoms with Crippen molar-refractivity contribution in [3.8, 4) is 0 Å². The summed E-state index contributed by atoms with van der Waals surface area (Å²) >= 11 is 14.3. The Labute approximate surface area is 230 Å². The fourth-order valence-electron chi connectivity index (χ4n) is 4.39. The number of benzene rings is 3. The van der Waals surface area contributed by atoms with E-state index in [0.717, 1.165) is 27.9 Å². The number of fused-ring (bicyclic) bond motifs is 1. The number of nitrogens with one attached hydrogen (secondary N) is 2. The van der Waals surface area contributed by atoms with Gasteiger partial charge in [0.15, 0.2) is 0 Å². The van der Waals surface area contributed by atoms with E-state index in [4.69, 9.17) is 33.3 Å². The summed E-state index contributed by atoms with van der Waals surface area (Å²) in [5.41, 5.74) is 5.95. The van der Waals surface area contributed by atoms with Crippen molar-refractivity contribution in [2.24, 2.45) is 0 Å². The van der Waals surface area contributed by atoms with E-state index in [0.29, 0.717) is 38.2 Å². The van der Waals surface area contributed by atoms with Crippen molar-refractivity contribution < 1.29 is 4.79 Å². The van der Waals surface area contributed by atoms with Crippen LogP contribution in [0, 0.1) is 13.8 Å². The van der Waals surface area contributed by atoms with Gasteiger partial charge in [-0.15, -0.1) is 5.10 Å². The summed E-state index contributed by atoms with van der Waals surface area (Å²) < 4.78 is 1.74. The summed E-state index contributed by atoms with van der Waals surface area (Å²) in [6.07, 6.45) is 0. The molecule has 9 heteroatoms. The average molecular weight is 551 g/mol. The molecule has 1 unspecified atom stereocenters. The fourth-order valence-corrected chi connectivity index (χ4v) is 5.61. The lowest BCUT2D eigenvalue weighted by molar-refractivity contribution is -0.113. The second kappa shape index (κ2) is 10.6. The molecule has 1 aliphatic heterocycles. The maximum absolute atomic E-state index is 13.7. The molecule has 1 aromatic heterocycles. The molecule has 0 saturated heterocycles. The molecule has 5 rings (SSSR count). The lowest BCUT2D eigenvalue weighted by Crippen LogP contribution is -2.31. The zero-order valence-corrected chi connectivity index (χ0v) is 22.9. The summed E-state index contributed by atoms with van der Waals surface area (Å²) in [7, 11) is 0. The number of thioether (sulfide) groups is 1. The normalized spacial score (nSPS) is 14.8. The van der Waals surface area contributed by atoms with E-state index in [9.17, 15) is 4.79 Å². The molecule has 3 aromatic carbocycles. The highest BCUT2D eigenvalue weighted by Crippen LogP contribution is 2.39. The monoisotopic (exact) mass is 549 g/mol. The van der Waals surface area contributed by atoms with Gasteiger partial charge in [0.25, 0.3) is 5.91 Å². The SMILES string of the molecule is CC1=C(C(=O)Nc2ccc(C)cc2C)C(c2ccccc2Cl)n2nc(SCc3cccc(Cl)c3)nc2N1. The van der Waals surface area contributed by atoms with Crippen LogP contribution in [0.1, 0.15) is 35.2 Å². The van der Waals surface area contributed by atoms with Crippen molar-refractivity contribution >= 4 is 52.5 Å². The number of aromatic nitrogens is 3. The molecule has 1 aliphatic rings. The van der Waals surface area contributed by atoms with Crippen LogP contribution in [-0.4, -0.2) is 20.7 Å². The summed E-state index contributed by atoms with van der Waals surface area (Å²) in [5, 5.41) is 13.0. The van der Waals surface area contributed by atoms with E-state index in [1.54, 1.807) is 4.68 Å². The largest absolute Gasteiger partial charge is 0.328 e. The quantitative estimate of drug-likeness (QED) is 0.245. The Balaban J connectivity index is 1.50. The van der Waals surface area contributed by atoms with Gasteiger partial charge < -0.3 is 10.6 Å². The number of rotatable bonds is 6. The maximum atomic E-state index is 13.7. The minimum Gasteiger partial charge on any atom is -0.328 e. The van der Waals surface area contributed by atoms with Crippen LogP contribution in [0.5, 0.6) is 0 Å². The maximum Gasteiger partial charge on any atom is 0.255 e. The third-order valence-corrected chi connectivity index (χ3v) is 7.65. The topological polar surface area (TPSA) is 71.8 Å². The Morgan fingerprint density at radius 1 is 1.05 bits per heavy atom. The molecule has 37 heavy (non-hydrogen) atoms. The molecule has 0 fully saturated rings. The Kier molecular flexibility index (Phi) is 7.29. The Bertz CT molecular complexity index is 1530. The second-order valence-corrected chi connectivity index (χ2v) is 10.7. The standard InChI is InChI=1S/C28H25Cl2N5OS/c1-16-11-12-23(17(2)13-16)32-26(36)24-18(3)31-27-33-28(37-15-19-7-6-8-20(29)14-19)34-35(27)25(24)21-9-4-5-10-22(21)30/h4-14,25H,15H2,1-3H3,(H,32,36)(H,31,33,34). The van der Waals surface area contributed by atoms with Gasteiger partial charge in [0.1, 0.15) is 6.04 Å². The third kappa shape index (κ3) is 5.39. The number of allylic oxidation sites excluding steroid dienone is 1. The lowest BCUT2D eigenvalue weighted by Gasteiger charge is -2.29. The van der Waals surface area contributed by atoms with Crippen molar-refractivity contribution in [1.82, 2.24) is 14.8 Å². The minimum atomic E-state index is -0.552. The molecule has 2 N–H and O–H groups in total. The number of anilines is 2. The first-order valence-electron chi connectivity index (χ1n) is 11.7. The van der Waals surface area contributed by atoms with E-state index < -0.39 is 6.04 Å². The molecule has 0 spiro atoms. The number of aryl methyl sites for hydroxylation is 2. The number of carbonyl (C=O) groups is 1. The van der Waals surface area contributed by atoms with Gasteiger partial charge >= 0.3 is 0 Å². The van der Waals surface area contributed by atoms with E-state index in [1.807, 2.05) is 87.5 Å². The summed E-state index contributed by atoms with van der Waals surface area (Å²) in [6.45, 7) is 5.88. The zero-order valence-electron chi connectivity index (χ0n) is 20.5. The zero-order chi connectivity index (χ0) is 26.1. The molecule has 0 radical (unpaired) electrons. The Morgan fingerprint density at radius 3 is 2.62 bits per heavy atom. The molecule has 4 aromatic rings. The second-order valence-electron chi connectivity index (χ2n) is 8.94. The molecular weight excluding hydrogens is 525 g/mol. The number of halogens is 2. The minimum absolute atomic E-state index is 0.226. The van der Waals surface area contributed by atoms with Gasteiger partial charge in [-0.25, -0.2) is 4.68 Å². The van der Waals surface area contributed by atoms with Gasteiger partial charge in [-0.05, 0) is 56.2 Å². The van der Waals surface area contributed by atoms with Crippen LogP contribution in [0.2, 0.25) is 10.0 Å². The lowest BCUT2D eigenvalue weighted by atomic mass is 9.95. The van der Waals surface area contributed by atoms with Crippen molar-refractivity contribution in [2.75, 3.05) is 10.6 Å². The van der Waals surface area contributed by atoms with Crippen LogP contribution in [0.4, 0.5) is 11.6 Å². The molecule has 6 nitrogen and oxygen atoms in total. The van der Waals surface area contributed by atoms with Gasteiger partial charge in [-0.3, -0.25) is 4.79 Å². The molecule has 188 valence electrons. The molecule has 1 atom stereocenters. The molecule has 0 aliphatic carbocycles. The van der Waals surface area contributed by atoms with Crippen LogP contribution in [0.25, 0.3) is 0 Å². The summed E-state index contributed by atoms with van der Waals surface area (Å²) in [6, 6.07) is 20.6. The van der Waals surface area contributed by atoms with Crippen molar-refractivity contribution in [3.63, 3.8) is 0 Å². The molecule has 1 amide bonds. The van der Waals surface area contributed by atoms with E-state index in [-0.39, 0.29) is 5.91 Å². The van der Waals surface area contributed by atoms with Crippen LogP contribution in [0.3, 0.4) is 0 Å². The van der Waals surface area contributed by atoms with E-state index in [2.05, 4.69) is 10.6 Å². The number of hydrogen-bond donors (Lipinski definition) is 2. The van der Waals surface area contributed by atoms with Crippen LogP contribution in [0.15, 0.2) is 83.2 Å². The summed E-state index contributed by atoms with van der Waals surface area (Å²) in [5.74, 6) is 0.989. The molecule has 0 bridgehead atoms. The Hall–Kier alpha value is -3.26. The van der Waals surface area contributed by atoms with E-state index in [1.165, 1.54) is 11.8 Å². The number of hydrogen-bond acceptors (Lipinski definition) is 5. The first kappa shape index (κ1) is 25.4. The summed E-state index contributed by atoms with van der Waals surface area (Å²) in [4.78, 5) is 18.4. The highest BCUT2D eigenvalue weighted by Gasteiger charge is 2.35. The van der Waals surface area contributed by atoms with Crippen molar-refractivity contribution in [3.05, 3.63) is 110 Å². The highest BCUT2D eigenvalue weighted by molar-refractivity contribution is 7.98. The fraction of sp³-hybridized carbons (Fsp3) is 0.179. The van der Waals surface area contributed by atoms with Crippen LogP contribution >= 0.6 is 35.0 Å². The molecular formula is C28H25Cl2N5OS. The first-order valence-corrected chi connectivity index (χ1v) is 13.5. The highest BCUT2D eigenvalue weighted by atomic mass is 35.5. The van der Waals surface area contributed by atoms with E-state index >= 15 is 0 Å². The van der Waals surface area contributed by atoms with Gasteiger partial charge in [-0.2, -0.15) is 4.98 Å². The average Bonchev–Trinajstić information content (AvgIpc) is 3.26. The van der Waals surface area contributed by atoms with Crippen LogP contribution < -0.4 is 10.6 Å². The third-order valence-electron chi connectivity index (χ3n) is 6.16. The predicted octanol–water partition coefficient (Wildman–Crippen LogP) is 7.42. The predicted molar refractivity (Wildman–Crippen MR) is 151 cm³/mol. The van der Waals surface area contributed by atoms with Crippen LogP contribution in [-0.2, 0) is 10.5 Å². The van der Waals surface area contributed by atoms with Gasteiger partial charge in [-0.1, -0.05) is 83.0 Å².